The number of sulfonamides is 1. The van der Waals surface area contributed by atoms with E-state index in [-0.39, 0.29) is 35.8 Å². The molecule has 2 amide bonds. The second-order valence-corrected chi connectivity index (χ2v) is 9.72. The quantitative estimate of drug-likeness (QED) is 0.825. The minimum atomic E-state index is -3.70. The van der Waals surface area contributed by atoms with Crippen LogP contribution in [0, 0.1) is 5.92 Å². The van der Waals surface area contributed by atoms with Crippen molar-refractivity contribution in [1.82, 2.24) is 14.5 Å². The van der Waals surface area contributed by atoms with Crippen molar-refractivity contribution in [2.75, 3.05) is 26.2 Å². The fourth-order valence-corrected chi connectivity index (χ4v) is 5.44. The van der Waals surface area contributed by atoms with Gasteiger partial charge >= 0.3 is 0 Å². The first kappa shape index (κ1) is 20.8. The van der Waals surface area contributed by atoms with Crippen LogP contribution in [0.4, 0.5) is 0 Å². The molecule has 0 bridgehead atoms. The van der Waals surface area contributed by atoms with Gasteiger partial charge in [-0.2, -0.15) is 4.31 Å². The Morgan fingerprint density at radius 3 is 2.39 bits per heavy atom. The molecule has 1 aliphatic carbocycles. The summed E-state index contributed by atoms with van der Waals surface area (Å²) in [5, 5.41) is 3.07. The molecule has 1 saturated carbocycles. The first-order valence-electron chi connectivity index (χ1n) is 9.95. The Balaban J connectivity index is 1.71. The average Bonchev–Trinajstić information content (AvgIpc) is 2.70. The molecule has 1 aromatic rings. The molecule has 1 aromatic carbocycles. The molecule has 1 aliphatic heterocycles. The zero-order valence-electron chi connectivity index (χ0n) is 16.6. The number of hydrogen-bond acceptors (Lipinski definition) is 4. The van der Waals surface area contributed by atoms with Crippen molar-refractivity contribution < 1.29 is 18.0 Å². The molecule has 28 heavy (non-hydrogen) atoms. The molecule has 0 spiro atoms. The molecule has 2 fully saturated rings. The fourth-order valence-electron chi connectivity index (χ4n) is 3.97. The minimum absolute atomic E-state index is 0.0485. The molecule has 0 unspecified atom stereocenters. The van der Waals surface area contributed by atoms with E-state index in [0.717, 1.165) is 19.3 Å². The summed E-state index contributed by atoms with van der Waals surface area (Å²) in [6, 6.07) is 6.37. The molecule has 2 aliphatic rings. The monoisotopic (exact) mass is 407 g/mol. The molecule has 0 aromatic heterocycles. The Hall–Kier alpha value is -1.93. The van der Waals surface area contributed by atoms with Crippen LogP contribution in [0.3, 0.4) is 0 Å². The van der Waals surface area contributed by atoms with Gasteiger partial charge in [0.05, 0.1) is 4.90 Å². The SMILES string of the molecule is CC(=O)N1CCN(S(=O)(=O)c2cccc(C(=O)N[C@H]3CCCC[C@H]3C)c2)CC1. The highest BCUT2D eigenvalue weighted by atomic mass is 32.2. The smallest absolute Gasteiger partial charge is 0.251 e. The summed E-state index contributed by atoms with van der Waals surface area (Å²) in [6.07, 6.45) is 4.37. The number of nitrogens with zero attached hydrogens (tertiary/aromatic N) is 2. The Morgan fingerprint density at radius 1 is 1.07 bits per heavy atom. The number of hydrogen-bond donors (Lipinski definition) is 1. The molecular formula is C20H29N3O4S. The normalized spacial score (nSPS) is 24.0. The number of piperazine rings is 1. The predicted octanol–water partition coefficient (Wildman–Crippen LogP) is 1.85. The van der Waals surface area contributed by atoms with Gasteiger partial charge in [0.2, 0.25) is 15.9 Å². The maximum atomic E-state index is 13.0. The number of benzene rings is 1. The van der Waals surface area contributed by atoms with Gasteiger partial charge in [-0.15, -0.1) is 0 Å². The zero-order chi connectivity index (χ0) is 20.3. The van der Waals surface area contributed by atoms with Crippen molar-refractivity contribution in [3.63, 3.8) is 0 Å². The van der Waals surface area contributed by atoms with Crippen LogP contribution in [0.15, 0.2) is 29.2 Å². The van der Waals surface area contributed by atoms with Crippen LogP contribution in [0.5, 0.6) is 0 Å². The summed E-state index contributed by atoms with van der Waals surface area (Å²) < 4.78 is 27.3. The van der Waals surface area contributed by atoms with Gasteiger partial charge < -0.3 is 10.2 Å². The lowest BCUT2D eigenvalue weighted by atomic mass is 9.86. The third-order valence-corrected chi connectivity index (χ3v) is 7.74. The molecule has 0 radical (unpaired) electrons. The van der Waals surface area contributed by atoms with Gasteiger partial charge in [-0.25, -0.2) is 8.42 Å². The van der Waals surface area contributed by atoms with Crippen molar-refractivity contribution >= 4 is 21.8 Å². The van der Waals surface area contributed by atoms with E-state index in [1.54, 1.807) is 17.0 Å². The predicted molar refractivity (Wildman–Crippen MR) is 106 cm³/mol. The Bertz CT molecular complexity index is 832. The minimum Gasteiger partial charge on any atom is -0.349 e. The molecular weight excluding hydrogens is 378 g/mol. The van der Waals surface area contributed by atoms with E-state index in [4.69, 9.17) is 0 Å². The van der Waals surface area contributed by atoms with Crippen LogP contribution in [0.1, 0.15) is 49.9 Å². The van der Waals surface area contributed by atoms with Crippen molar-refractivity contribution in [3.8, 4) is 0 Å². The molecule has 7 nitrogen and oxygen atoms in total. The van der Waals surface area contributed by atoms with Gasteiger partial charge in [0.25, 0.3) is 5.91 Å². The summed E-state index contributed by atoms with van der Waals surface area (Å²) in [5.41, 5.74) is 0.362. The first-order valence-corrected chi connectivity index (χ1v) is 11.4. The van der Waals surface area contributed by atoms with E-state index in [9.17, 15) is 18.0 Å². The van der Waals surface area contributed by atoms with Crippen LogP contribution in [-0.4, -0.2) is 61.7 Å². The molecule has 1 heterocycles. The standard InChI is InChI=1S/C20H29N3O4S/c1-15-6-3-4-9-19(15)21-20(25)17-7-5-8-18(14-17)28(26,27)23-12-10-22(11-13-23)16(2)24/h5,7-8,14-15,19H,3-4,6,9-13H2,1-2H3,(H,21,25)/t15-,19+/m1/s1. The maximum Gasteiger partial charge on any atom is 0.251 e. The number of carbonyl (C=O) groups is 2. The van der Waals surface area contributed by atoms with Crippen molar-refractivity contribution in [2.45, 2.75) is 50.5 Å². The maximum absolute atomic E-state index is 13.0. The highest BCUT2D eigenvalue weighted by Crippen LogP contribution is 2.24. The molecule has 154 valence electrons. The van der Waals surface area contributed by atoms with Crippen LogP contribution < -0.4 is 5.32 Å². The van der Waals surface area contributed by atoms with E-state index in [1.807, 2.05) is 0 Å². The second kappa shape index (κ2) is 8.61. The van der Waals surface area contributed by atoms with E-state index < -0.39 is 10.0 Å². The highest BCUT2D eigenvalue weighted by molar-refractivity contribution is 7.89. The van der Waals surface area contributed by atoms with Crippen molar-refractivity contribution in [3.05, 3.63) is 29.8 Å². The van der Waals surface area contributed by atoms with Crippen LogP contribution in [0.2, 0.25) is 0 Å². The Labute approximate surface area is 167 Å². The fraction of sp³-hybridized carbons (Fsp3) is 0.600. The summed E-state index contributed by atoms with van der Waals surface area (Å²) >= 11 is 0. The van der Waals surface area contributed by atoms with Crippen molar-refractivity contribution in [1.29, 1.82) is 0 Å². The average molecular weight is 408 g/mol. The largest absolute Gasteiger partial charge is 0.349 e. The van der Waals surface area contributed by atoms with Crippen molar-refractivity contribution in [2.24, 2.45) is 5.92 Å². The van der Waals surface area contributed by atoms with Gasteiger partial charge in [-0.1, -0.05) is 25.8 Å². The van der Waals surface area contributed by atoms with E-state index in [0.29, 0.717) is 24.6 Å². The van der Waals surface area contributed by atoms with Crippen LogP contribution in [0.25, 0.3) is 0 Å². The van der Waals surface area contributed by atoms with E-state index in [2.05, 4.69) is 12.2 Å². The zero-order valence-corrected chi connectivity index (χ0v) is 17.4. The van der Waals surface area contributed by atoms with Crippen LogP contribution >= 0.6 is 0 Å². The molecule has 1 saturated heterocycles. The lowest BCUT2D eigenvalue weighted by Gasteiger charge is -2.33. The molecule has 2 atom stereocenters. The summed E-state index contributed by atoms with van der Waals surface area (Å²) in [4.78, 5) is 25.9. The topological polar surface area (TPSA) is 86.8 Å². The first-order chi connectivity index (χ1) is 13.3. The van der Waals surface area contributed by atoms with Gasteiger partial charge in [-0.3, -0.25) is 9.59 Å². The molecule has 3 rings (SSSR count). The third-order valence-electron chi connectivity index (χ3n) is 5.85. The summed E-state index contributed by atoms with van der Waals surface area (Å²) in [7, 11) is -3.70. The number of nitrogens with one attached hydrogen (secondary N) is 1. The Morgan fingerprint density at radius 2 is 1.75 bits per heavy atom. The van der Waals surface area contributed by atoms with E-state index in [1.165, 1.54) is 29.8 Å². The van der Waals surface area contributed by atoms with E-state index >= 15 is 0 Å². The second-order valence-electron chi connectivity index (χ2n) is 7.78. The number of rotatable bonds is 4. The molecule has 1 N–H and O–H groups in total. The Kier molecular flexibility index (Phi) is 6.40. The van der Waals surface area contributed by atoms with Gasteiger partial charge in [-0.05, 0) is 37.0 Å². The third kappa shape index (κ3) is 4.55. The lowest BCUT2D eigenvalue weighted by Crippen LogP contribution is -2.49. The van der Waals surface area contributed by atoms with Gasteiger partial charge in [0.15, 0.2) is 0 Å². The highest BCUT2D eigenvalue weighted by Gasteiger charge is 2.30. The summed E-state index contributed by atoms with van der Waals surface area (Å²) in [5.74, 6) is 0.159. The summed E-state index contributed by atoms with van der Waals surface area (Å²) in [6.45, 7) is 4.92. The van der Waals surface area contributed by atoms with Gasteiger partial charge in [0, 0.05) is 44.7 Å². The lowest BCUT2D eigenvalue weighted by molar-refractivity contribution is -0.129. The number of carbonyl (C=O) groups excluding carboxylic acids is 2. The van der Waals surface area contributed by atoms with Gasteiger partial charge in [0.1, 0.15) is 0 Å². The van der Waals surface area contributed by atoms with Crippen LogP contribution in [-0.2, 0) is 14.8 Å². The molecule has 8 heteroatoms. The number of amides is 2.